The van der Waals surface area contributed by atoms with E-state index in [2.05, 4.69) is 10.3 Å². The number of carbonyl (C=O) groups excluding carboxylic acids is 1. The van der Waals surface area contributed by atoms with Crippen LogP contribution in [-0.2, 0) is 4.79 Å². The van der Waals surface area contributed by atoms with E-state index in [0.717, 1.165) is 5.56 Å². The highest BCUT2D eigenvalue weighted by atomic mass is 19.4. The van der Waals surface area contributed by atoms with E-state index >= 15 is 0 Å². The Balaban J connectivity index is 2.09. The number of nitrogens with zero attached hydrogens (tertiary/aromatic N) is 1. The standard InChI is InChI=1S/C20H21F3N2O/c1-14(16-9-5-3-6-10-16)24-18(20(21,22)23)13-19(26)25-15(2)17-11-7-4-8-12-17/h3-12,15,18H,13H2,1-2H3,(H,25,26)/t15-,18+/m1/s1. The molecule has 0 fully saturated rings. The number of aliphatic imine (C=N–C) groups is 1. The molecular formula is C20H21F3N2O. The molecule has 6 heteroatoms. The van der Waals surface area contributed by atoms with Crippen LogP contribution in [0.15, 0.2) is 65.7 Å². The molecule has 26 heavy (non-hydrogen) atoms. The minimum Gasteiger partial charge on any atom is -0.350 e. The molecule has 0 saturated carbocycles. The van der Waals surface area contributed by atoms with Crippen molar-refractivity contribution in [3.63, 3.8) is 0 Å². The van der Waals surface area contributed by atoms with E-state index in [1.54, 1.807) is 37.3 Å². The molecule has 0 saturated heterocycles. The van der Waals surface area contributed by atoms with Crippen LogP contribution >= 0.6 is 0 Å². The van der Waals surface area contributed by atoms with Crippen molar-refractivity contribution in [2.45, 2.75) is 38.5 Å². The van der Waals surface area contributed by atoms with Gasteiger partial charge in [0.1, 0.15) is 0 Å². The summed E-state index contributed by atoms with van der Waals surface area (Å²) in [5, 5.41) is 2.60. The van der Waals surface area contributed by atoms with Crippen LogP contribution in [0.2, 0.25) is 0 Å². The fourth-order valence-electron chi connectivity index (χ4n) is 2.52. The molecule has 0 aromatic heterocycles. The number of halogens is 3. The Labute approximate surface area is 151 Å². The zero-order chi connectivity index (χ0) is 19.2. The van der Waals surface area contributed by atoms with Crippen LogP contribution in [0.4, 0.5) is 13.2 Å². The molecule has 0 unspecified atom stereocenters. The van der Waals surface area contributed by atoms with Gasteiger partial charge in [0.05, 0.1) is 12.5 Å². The summed E-state index contributed by atoms with van der Waals surface area (Å²) >= 11 is 0. The Morgan fingerprint density at radius 1 is 1.04 bits per heavy atom. The normalized spacial score (nSPS) is 14.6. The Bertz CT molecular complexity index is 743. The van der Waals surface area contributed by atoms with E-state index in [0.29, 0.717) is 5.56 Å². The van der Waals surface area contributed by atoms with Gasteiger partial charge >= 0.3 is 6.18 Å². The van der Waals surface area contributed by atoms with Gasteiger partial charge in [-0.2, -0.15) is 13.2 Å². The van der Waals surface area contributed by atoms with Crippen LogP contribution in [0.5, 0.6) is 0 Å². The van der Waals surface area contributed by atoms with Crippen molar-refractivity contribution >= 4 is 11.6 Å². The number of carbonyl (C=O) groups is 1. The molecule has 2 aromatic carbocycles. The number of rotatable bonds is 6. The lowest BCUT2D eigenvalue weighted by Gasteiger charge is -2.19. The molecule has 0 radical (unpaired) electrons. The van der Waals surface area contributed by atoms with E-state index in [9.17, 15) is 18.0 Å². The topological polar surface area (TPSA) is 41.5 Å². The lowest BCUT2D eigenvalue weighted by atomic mass is 10.1. The molecule has 0 heterocycles. The minimum absolute atomic E-state index is 0.247. The molecule has 0 aliphatic carbocycles. The minimum atomic E-state index is -4.59. The molecule has 2 atom stereocenters. The predicted molar refractivity (Wildman–Crippen MR) is 96.1 cm³/mol. The van der Waals surface area contributed by atoms with Gasteiger partial charge in [-0.05, 0) is 25.0 Å². The molecule has 0 aliphatic rings. The Morgan fingerprint density at radius 2 is 1.58 bits per heavy atom. The van der Waals surface area contributed by atoms with Crippen molar-refractivity contribution in [3.05, 3.63) is 71.8 Å². The first kappa shape index (κ1) is 19.7. The Hall–Kier alpha value is -2.63. The first-order chi connectivity index (χ1) is 12.3. The van der Waals surface area contributed by atoms with Crippen LogP contribution in [0.1, 0.15) is 37.4 Å². The number of benzene rings is 2. The fraction of sp³-hybridized carbons (Fsp3) is 0.300. The molecular weight excluding hydrogens is 341 g/mol. The van der Waals surface area contributed by atoms with Crippen molar-refractivity contribution in [3.8, 4) is 0 Å². The van der Waals surface area contributed by atoms with Gasteiger partial charge in [0.15, 0.2) is 6.04 Å². The highest BCUT2D eigenvalue weighted by molar-refractivity contribution is 5.98. The van der Waals surface area contributed by atoms with Crippen molar-refractivity contribution in [1.29, 1.82) is 0 Å². The van der Waals surface area contributed by atoms with Gasteiger partial charge in [0.2, 0.25) is 5.91 Å². The summed E-state index contributed by atoms with van der Waals surface area (Å²) in [6.07, 6.45) is -5.34. The fourth-order valence-corrected chi connectivity index (χ4v) is 2.52. The number of nitrogens with one attached hydrogen (secondary N) is 1. The third-order valence-corrected chi connectivity index (χ3v) is 3.97. The summed E-state index contributed by atoms with van der Waals surface area (Å²) in [5.41, 5.74) is 1.67. The molecule has 0 bridgehead atoms. The van der Waals surface area contributed by atoms with Gasteiger partial charge in [0.25, 0.3) is 0 Å². The Kier molecular flexibility index (Phi) is 6.55. The van der Waals surface area contributed by atoms with Gasteiger partial charge < -0.3 is 5.32 Å². The van der Waals surface area contributed by atoms with Crippen molar-refractivity contribution in [2.75, 3.05) is 0 Å². The molecule has 1 N–H and O–H groups in total. The second kappa shape index (κ2) is 8.65. The maximum Gasteiger partial charge on any atom is 0.411 e. The summed E-state index contributed by atoms with van der Waals surface area (Å²) in [6.45, 7) is 3.24. The average Bonchev–Trinajstić information content (AvgIpc) is 2.61. The first-order valence-electron chi connectivity index (χ1n) is 8.28. The highest BCUT2D eigenvalue weighted by Gasteiger charge is 2.41. The molecule has 2 rings (SSSR count). The number of hydrogen-bond donors (Lipinski definition) is 1. The molecule has 138 valence electrons. The van der Waals surface area contributed by atoms with E-state index in [1.165, 1.54) is 6.92 Å². The molecule has 3 nitrogen and oxygen atoms in total. The molecule has 2 aromatic rings. The van der Waals surface area contributed by atoms with Gasteiger partial charge in [-0.3, -0.25) is 9.79 Å². The second-order valence-corrected chi connectivity index (χ2v) is 6.04. The monoisotopic (exact) mass is 362 g/mol. The van der Waals surface area contributed by atoms with Crippen LogP contribution in [0, 0.1) is 0 Å². The van der Waals surface area contributed by atoms with Crippen molar-refractivity contribution in [2.24, 2.45) is 4.99 Å². The van der Waals surface area contributed by atoms with E-state index in [-0.39, 0.29) is 11.8 Å². The van der Waals surface area contributed by atoms with E-state index in [4.69, 9.17) is 0 Å². The smallest absolute Gasteiger partial charge is 0.350 e. The zero-order valence-electron chi connectivity index (χ0n) is 14.6. The number of amides is 1. The highest BCUT2D eigenvalue weighted by Crippen LogP contribution is 2.26. The van der Waals surface area contributed by atoms with Crippen LogP contribution in [-0.4, -0.2) is 23.8 Å². The molecule has 0 spiro atoms. The van der Waals surface area contributed by atoms with Gasteiger partial charge in [-0.1, -0.05) is 60.7 Å². The second-order valence-electron chi connectivity index (χ2n) is 6.04. The average molecular weight is 362 g/mol. The lowest BCUT2D eigenvalue weighted by Crippen LogP contribution is -2.36. The van der Waals surface area contributed by atoms with Gasteiger partial charge in [-0.25, -0.2) is 0 Å². The summed E-state index contributed by atoms with van der Waals surface area (Å²) < 4.78 is 40.0. The quantitative estimate of drug-likeness (QED) is 0.744. The van der Waals surface area contributed by atoms with Gasteiger partial charge in [-0.15, -0.1) is 0 Å². The Morgan fingerprint density at radius 3 is 2.12 bits per heavy atom. The van der Waals surface area contributed by atoms with Crippen LogP contribution in [0.3, 0.4) is 0 Å². The number of alkyl halides is 3. The van der Waals surface area contributed by atoms with E-state index < -0.39 is 24.5 Å². The maximum atomic E-state index is 13.3. The van der Waals surface area contributed by atoms with Crippen LogP contribution < -0.4 is 5.32 Å². The summed E-state index contributed by atoms with van der Waals surface area (Å²) in [5.74, 6) is -0.687. The van der Waals surface area contributed by atoms with Gasteiger partial charge in [0, 0.05) is 5.71 Å². The molecule has 0 aliphatic heterocycles. The maximum absolute atomic E-state index is 13.3. The van der Waals surface area contributed by atoms with Crippen molar-refractivity contribution in [1.82, 2.24) is 5.32 Å². The lowest BCUT2D eigenvalue weighted by molar-refractivity contribution is -0.154. The summed E-state index contributed by atoms with van der Waals surface area (Å²) in [4.78, 5) is 15.9. The SMILES string of the molecule is CC(=N[C@@H](CC(=O)N[C@H](C)c1ccccc1)C(F)(F)F)c1ccccc1. The predicted octanol–water partition coefficient (Wildman–Crippen LogP) is 4.69. The number of hydrogen-bond acceptors (Lipinski definition) is 2. The molecule has 1 amide bonds. The van der Waals surface area contributed by atoms with Crippen LogP contribution in [0.25, 0.3) is 0 Å². The van der Waals surface area contributed by atoms with E-state index in [1.807, 2.05) is 30.3 Å². The largest absolute Gasteiger partial charge is 0.411 e. The zero-order valence-corrected chi connectivity index (χ0v) is 14.6. The summed E-state index contributed by atoms with van der Waals surface area (Å²) in [7, 11) is 0. The third-order valence-electron chi connectivity index (χ3n) is 3.97. The van der Waals surface area contributed by atoms with Crippen molar-refractivity contribution < 1.29 is 18.0 Å². The summed E-state index contributed by atoms with van der Waals surface area (Å²) in [6, 6.07) is 15.2. The first-order valence-corrected chi connectivity index (χ1v) is 8.28. The third kappa shape index (κ3) is 5.72.